The first kappa shape index (κ1) is 20.1. The molecule has 154 valence electrons. The third kappa shape index (κ3) is 5.23. The van der Waals surface area contributed by atoms with E-state index in [0.717, 1.165) is 47.8 Å². The largest absolute Gasteiger partial charge is 0.487 e. The molecule has 2 fully saturated rings. The van der Waals surface area contributed by atoms with Crippen LogP contribution in [0.15, 0.2) is 35.7 Å². The minimum Gasteiger partial charge on any atom is -0.487 e. The zero-order valence-corrected chi connectivity index (χ0v) is 17.4. The highest BCUT2D eigenvalue weighted by atomic mass is 32.1. The summed E-state index contributed by atoms with van der Waals surface area (Å²) in [5.74, 6) is 0.791. The fourth-order valence-corrected chi connectivity index (χ4v) is 4.28. The molecular formula is C22H26N2O4S. The number of carbonyl (C=O) groups excluding carboxylic acids is 1. The summed E-state index contributed by atoms with van der Waals surface area (Å²) in [6.45, 7) is 4.40. The average molecular weight is 415 g/mol. The molecule has 0 saturated carbocycles. The van der Waals surface area contributed by atoms with Crippen LogP contribution >= 0.6 is 11.3 Å². The van der Waals surface area contributed by atoms with Crippen LogP contribution in [0.4, 0.5) is 0 Å². The molecule has 4 rings (SSSR count). The Kier molecular flexibility index (Phi) is 6.59. The predicted molar refractivity (Wildman–Crippen MR) is 112 cm³/mol. The van der Waals surface area contributed by atoms with Crippen LogP contribution in [-0.4, -0.2) is 47.9 Å². The Hall–Kier alpha value is -2.22. The summed E-state index contributed by atoms with van der Waals surface area (Å²) in [5.41, 5.74) is 1.89. The Balaban J connectivity index is 1.33. The van der Waals surface area contributed by atoms with Crippen molar-refractivity contribution in [3.05, 3.63) is 52.0 Å². The fourth-order valence-electron chi connectivity index (χ4n) is 3.68. The number of nitrogens with zero attached hydrogens (tertiary/aromatic N) is 2. The van der Waals surface area contributed by atoms with Gasteiger partial charge in [0.2, 0.25) is 5.91 Å². The van der Waals surface area contributed by atoms with E-state index in [1.165, 1.54) is 0 Å². The van der Waals surface area contributed by atoms with E-state index in [1.54, 1.807) is 17.4 Å². The van der Waals surface area contributed by atoms with Crippen molar-refractivity contribution in [2.45, 2.75) is 45.1 Å². The Bertz CT molecular complexity index is 843. The second-order valence-corrected chi connectivity index (χ2v) is 8.32. The van der Waals surface area contributed by atoms with Gasteiger partial charge in [-0.1, -0.05) is 12.1 Å². The van der Waals surface area contributed by atoms with Crippen molar-refractivity contribution in [2.75, 3.05) is 19.8 Å². The van der Waals surface area contributed by atoms with Crippen LogP contribution in [0.1, 0.15) is 35.5 Å². The van der Waals surface area contributed by atoms with Crippen LogP contribution in [0, 0.1) is 6.92 Å². The number of aryl methyl sites for hydroxylation is 1. The lowest BCUT2D eigenvalue weighted by atomic mass is 10.0. The number of hydrogen-bond acceptors (Lipinski definition) is 6. The highest BCUT2D eigenvalue weighted by molar-refractivity contribution is 7.09. The molecule has 3 heterocycles. The minimum absolute atomic E-state index is 0.00743. The summed E-state index contributed by atoms with van der Waals surface area (Å²) in [6, 6.07) is 7.72. The molecule has 0 aliphatic carbocycles. The van der Waals surface area contributed by atoms with Crippen molar-refractivity contribution in [3.8, 4) is 5.75 Å². The summed E-state index contributed by atoms with van der Waals surface area (Å²) in [5, 5.41) is 3.05. The topological polar surface area (TPSA) is 60.9 Å². The smallest absolute Gasteiger partial charge is 0.246 e. The number of carbonyl (C=O) groups is 1. The van der Waals surface area contributed by atoms with Gasteiger partial charge in [-0.25, -0.2) is 4.98 Å². The first-order valence-corrected chi connectivity index (χ1v) is 10.9. The quantitative estimate of drug-likeness (QED) is 0.673. The van der Waals surface area contributed by atoms with Crippen molar-refractivity contribution in [2.24, 2.45) is 0 Å². The molecule has 2 aliphatic heterocycles. The molecule has 0 bridgehead atoms. The summed E-state index contributed by atoms with van der Waals surface area (Å²) in [7, 11) is 0. The van der Waals surface area contributed by atoms with Crippen LogP contribution in [0.3, 0.4) is 0 Å². The van der Waals surface area contributed by atoms with E-state index in [4.69, 9.17) is 14.2 Å². The van der Waals surface area contributed by atoms with Crippen molar-refractivity contribution in [1.29, 1.82) is 0 Å². The van der Waals surface area contributed by atoms with E-state index in [0.29, 0.717) is 19.8 Å². The monoisotopic (exact) mass is 414 g/mol. The van der Waals surface area contributed by atoms with E-state index in [2.05, 4.69) is 4.98 Å². The number of thiazole rings is 1. The molecule has 29 heavy (non-hydrogen) atoms. The van der Waals surface area contributed by atoms with Gasteiger partial charge in [-0.15, -0.1) is 11.3 Å². The highest BCUT2D eigenvalue weighted by Gasteiger charge is 2.35. The summed E-state index contributed by atoms with van der Waals surface area (Å²) in [6.07, 6.45) is 6.25. The number of ether oxygens (including phenoxy) is 3. The van der Waals surface area contributed by atoms with Crippen molar-refractivity contribution in [1.82, 2.24) is 9.88 Å². The van der Waals surface area contributed by atoms with Crippen LogP contribution in [0.2, 0.25) is 0 Å². The Morgan fingerprint density at radius 2 is 2.07 bits per heavy atom. The third-order valence-electron chi connectivity index (χ3n) is 5.15. The molecule has 1 aromatic carbocycles. The standard InChI is InChI=1S/C22H26N2O4S/c1-16-23-18(15-29-16)14-28-19-8-5-17(6-9-19)7-10-21(25)24-11-3-2-4-20(24)22-26-12-13-27-22/h5-10,15,20,22H,2-4,11-14H2,1H3/b10-7+. The molecular weight excluding hydrogens is 388 g/mol. The lowest BCUT2D eigenvalue weighted by molar-refractivity contribution is -0.145. The fraction of sp³-hybridized carbons (Fsp3) is 0.455. The van der Waals surface area contributed by atoms with E-state index < -0.39 is 0 Å². The maximum atomic E-state index is 12.8. The van der Waals surface area contributed by atoms with Gasteiger partial charge in [0, 0.05) is 18.0 Å². The van der Waals surface area contributed by atoms with Crippen molar-refractivity contribution < 1.29 is 19.0 Å². The number of rotatable bonds is 6. The molecule has 0 radical (unpaired) electrons. The normalized spacial score (nSPS) is 20.4. The minimum atomic E-state index is -0.286. The van der Waals surface area contributed by atoms with Crippen LogP contribution in [0.5, 0.6) is 5.75 Å². The second-order valence-electron chi connectivity index (χ2n) is 7.25. The highest BCUT2D eigenvalue weighted by Crippen LogP contribution is 2.25. The number of hydrogen-bond donors (Lipinski definition) is 0. The van der Waals surface area contributed by atoms with Gasteiger partial charge >= 0.3 is 0 Å². The Morgan fingerprint density at radius 1 is 1.28 bits per heavy atom. The summed E-state index contributed by atoms with van der Waals surface area (Å²) < 4.78 is 17.1. The van der Waals surface area contributed by atoms with Crippen LogP contribution in [0.25, 0.3) is 6.08 Å². The number of benzene rings is 1. The second kappa shape index (κ2) is 9.52. The molecule has 1 aromatic heterocycles. The lowest BCUT2D eigenvalue weighted by Gasteiger charge is -2.37. The molecule has 2 saturated heterocycles. The maximum Gasteiger partial charge on any atom is 0.246 e. The van der Waals surface area contributed by atoms with Gasteiger partial charge in [0.25, 0.3) is 0 Å². The molecule has 0 spiro atoms. The van der Waals surface area contributed by atoms with Gasteiger partial charge in [-0.3, -0.25) is 4.79 Å². The summed E-state index contributed by atoms with van der Waals surface area (Å²) in [4.78, 5) is 19.0. The number of aromatic nitrogens is 1. The van der Waals surface area contributed by atoms with E-state index in [9.17, 15) is 4.79 Å². The van der Waals surface area contributed by atoms with Crippen LogP contribution < -0.4 is 4.74 Å². The number of piperidine rings is 1. The molecule has 0 N–H and O–H groups in total. The van der Waals surface area contributed by atoms with Gasteiger partial charge in [-0.2, -0.15) is 0 Å². The van der Waals surface area contributed by atoms with Gasteiger partial charge in [-0.05, 0) is 50.0 Å². The summed E-state index contributed by atoms with van der Waals surface area (Å²) >= 11 is 1.62. The molecule has 1 unspecified atom stereocenters. The maximum absolute atomic E-state index is 12.8. The molecule has 6 nitrogen and oxygen atoms in total. The zero-order valence-electron chi connectivity index (χ0n) is 16.6. The molecule has 2 aliphatic rings. The number of likely N-dealkylation sites (tertiary alicyclic amines) is 1. The molecule has 7 heteroatoms. The SMILES string of the molecule is Cc1nc(COc2ccc(/C=C/C(=O)N3CCCCC3C3OCCO3)cc2)cs1. The van der Waals surface area contributed by atoms with E-state index in [1.807, 2.05) is 47.5 Å². The van der Waals surface area contributed by atoms with Crippen molar-refractivity contribution >= 4 is 23.3 Å². The van der Waals surface area contributed by atoms with E-state index in [-0.39, 0.29) is 18.2 Å². The van der Waals surface area contributed by atoms with Gasteiger partial charge in [0.15, 0.2) is 6.29 Å². The zero-order chi connectivity index (χ0) is 20.1. The van der Waals surface area contributed by atoms with Gasteiger partial charge in [0.1, 0.15) is 12.4 Å². The van der Waals surface area contributed by atoms with Crippen molar-refractivity contribution in [3.63, 3.8) is 0 Å². The predicted octanol–water partition coefficient (Wildman–Crippen LogP) is 3.80. The first-order valence-electron chi connectivity index (χ1n) is 10.0. The van der Waals surface area contributed by atoms with Crippen LogP contribution in [-0.2, 0) is 20.9 Å². The van der Waals surface area contributed by atoms with E-state index >= 15 is 0 Å². The van der Waals surface area contributed by atoms with Gasteiger partial charge in [0.05, 0.1) is 30.0 Å². The lowest BCUT2D eigenvalue weighted by Crippen LogP contribution is -2.49. The van der Waals surface area contributed by atoms with Gasteiger partial charge < -0.3 is 19.1 Å². The average Bonchev–Trinajstić information content (AvgIpc) is 3.43. The molecule has 1 atom stereocenters. The Labute approximate surface area is 175 Å². The molecule has 2 aromatic rings. The first-order chi connectivity index (χ1) is 14.2. The molecule has 1 amide bonds. The number of amides is 1. The Morgan fingerprint density at radius 3 is 2.79 bits per heavy atom. The third-order valence-corrected chi connectivity index (χ3v) is 5.97.